The maximum Gasteiger partial charge on any atom is 0.252 e. The summed E-state index contributed by atoms with van der Waals surface area (Å²) in [5.41, 5.74) is 8.57. The first-order valence-corrected chi connectivity index (χ1v) is 5.01. The number of aromatic nitrogens is 2. The minimum atomic E-state index is -0.448. The molecule has 0 saturated carbocycles. The van der Waals surface area contributed by atoms with E-state index in [9.17, 15) is 4.79 Å². The number of benzene rings is 1. The minimum absolute atomic E-state index is 0.448. The molecule has 2 aromatic rings. The van der Waals surface area contributed by atoms with Crippen LogP contribution in [-0.4, -0.2) is 15.7 Å². The molecular formula is C12H13N3O. The molecule has 1 aromatic carbocycles. The lowest BCUT2D eigenvalue weighted by Gasteiger charge is -2.04. The predicted molar refractivity (Wildman–Crippen MR) is 61.6 cm³/mol. The Morgan fingerprint density at radius 3 is 2.38 bits per heavy atom. The molecule has 0 spiro atoms. The molecule has 0 fully saturated rings. The number of nitrogens with zero attached hydrogens (tertiary/aromatic N) is 2. The molecule has 16 heavy (non-hydrogen) atoms. The van der Waals surface area contributed by atoms with E-state index in [2.05, 4.69) is 5.10 Å². The predicted octanol–water partition coefficient (Wildman–Crippen LogP) is 1.59. The second-order valence-corrected chi connectivity index (χ2v) is 3.76. The van der Waals surface area contributed by atoms with E-state index in [4.69, 9.17) is 5.73 Å². The molecule has 1 heterocycles. The smallest absolute Gasteiger partial charge is 0.252 e. The lowest BCUT2D eigenvalue weighted by Crippen LogP contribution is -2.12. The molecule has 0 radical (unpaired) electrons. The summed E-state index contributed by atoms with van der Waals surface area (Å²) in [6.07, 6.45) is 1.50. The van der Waals surface area contributed by atoms with Crippen molar-refractivity contribution >= 4 is 5.91 Å². The molecule has 0 aliphatic rings. The van der Waals surface area contributed by atoms with E-state index in [0.29, 0.717) is 5.56 Å². The topological polar surface area (TPSA) is 60.9 Å². The van der Waals surface area contributed by atoms with Gasteiger partial charge in [0.05, 0.1) is 23.1 Å². The number of nitrogens with two attached hydrogens (primary N) is 1. The van der Waals surface area contributed by atoms with Crippen LogP contribution in [-0.2, 0) is 0 Å². The van der Waals surface area contributed by atoms with E-state index in [-0.39, 0.29) is 0 Å². The molecule has 1 aromatic heterocycles. The Balaban J connectivity index is 2.49. The molecule has 2 N–H and O–H groups in total. The highest BCUT2D eigenvalue weighted by Crippen LogP contribution is 2.14. The Hall–Kier alpha value is -2.10. The van der Waals surface area contributed by atoms with E-state index in [1.807, 2.05) is 38.1 Å². The van der Waals surface area contributed by atoms with Gasteiger partial charge in [0.2, 0.25) is 0 Å². The molecule has 1 amide bonds. The van der Waals surface area contributed by atoms with Crippen molar-refractivity contribution in [2.45, 2.75) is 13.8 Å². The summed E-state index contributed by atoms with van der Waals surface area (Å²) in [6.45, 7) is 3.85. The first kappa shape index (κ1) is 10.4. The van der Waals surface area contributed by atoms with E-state index in [1.165, 1.54) is 11.8 Å². The molecule has 0 aliphatic carbocycles. The third-order valence-electron chi connectivity index (χ3n) is 2.55. The van der Waals surface area contributed by atoms with Crippen molar-refractivity contribution in [3.05, 3.63) is 47.3 Å². The van der Waals surface area contributed by atoms with Crippen LogP contribution in [0.5, 0.6) is 0 Å². The Morgan fingerprint density at radius 1 is 1.25 bits per heavy atom. The van der Waals surface area contributed by atoms with Gasteiger partial charge in [0.15, 0.2) is 0 Å². The normalized spacial score (nSPS) is 10.4. The summed E-state index contributed by atoms with van der Waals surface area (Å²) in [5, 5.41) is 4.15. The molecule has 0 aliphatic heterocycles. The van der Waals surface area contributed by atoms with Gasteiger partial charge in [-0.05, 0) is 26.0 Å². The van der Waals surface area contributed by atoms with Crippen molar-refractivity contribution in [1.82, 2.24) is 9.78 Å². The number of amides is 1. The Kier molecular flexibility index (Phi) is 2.48. The SMILES string of the molecule is Cc1ccc(-n2ncc(C(N)=O)c2C)cc1. The van der Waals surface area contributed by atoms with Gasteiger partial charge in [-0.1, -0.05) is 17.7 Å². The third-order valence-corrected chi connectivity index (χ3v) is 2.55. The number of carbonyl (C=O) groups excluding carboxylic acids is 1. The highest BCUT2D eigenvalue weighted by atomic mass is 16.1. The van der Waals surface area contributed by atoms with Crippen molar-refractivity contribution in [3.63, 3.8) is 0 Å². The fourth-order valence-electron chi connectivity index (χ4n) is 1.60. The van der Waals surface area contributed by atoms with Crippen LogP contribution >= 0.6 is 0 Å². The first-order valence-electron chi connectivity index (χ1n) is 5.01. The molecule has 4 nitrogen and oxygen atoms in total. The molecule has 0 saturated heterocycles. The number of rotatable bonds is 2. The summed E-state index contributed by atoms with van der Waals surface area (Å²) >= 11 is 0. The van der Waals surface area contributed by atoms with Gasteiger partial charge in [-0.2, -0.15) is 5.10 Å². The summed E-state index contributed by atoms with van der Waals surface area (Å²) in [5.74, 6) is -0.448. The fraction of sp³-hybridized carbons (Fsp3) is 0.167. The minimum Gasteiger partial charge on any atom is -0.365 e. The van der Waals surface area contributed by atoms with E-state index in [0.717, 1.165) is 11.4 Å². The zero-order valence-electron chi connectivity index (χ0n) is 9.27. The average Bonchev–Trinajstić information content (AvgIpc) is 2.61. The highest BCUT2D eigenvalue weighted by molar-refractivity contribution is 5.93. The van der Waals surface area contributed by atoms with E-state index in [1.54, 1.807) is 4.68 Å². The summed E-state index contributed by atoms with van der Waals surface area (Å²) in [4.78, 5) is 11.1. The van der Waals surface area contributed by atoms with Crippen molar-refractivity contribution < 1.29 is 4.79 Å². The fourth-order valence-corrected chi connectivity index (χ4v) is 1.60. The van der Waals surface area contributed by atoms with Crippen LogP contribution in [0.25, 0.3) is 5.69 Å². The van der Waals surface area contributed by atoms with Crippen molar-refractivity contribution in [3.8, 4) is 5.69 Å². The molecular weight excluding hydrogens is 202 g/mol. The molecule has 0 unspecified atom stereocenters. The maximum atomic E-state index is 11.1. The largest absolute Gasteiger partial charge is 0.365 e. The van der Waals surface area contributed by atoms with Crippen molar-refractivity contribution in [1.29, 1.82) is 0 Å². The van der Waals surface area contributed by atoms with Crippen LogP contribution in [0, 0.1) is 13.8 Å². The Morgan fingerprint density at radius 2 is 1.88 bits per heavy atom. The summed E-state index contributed by atoms with van der Waals surface area (Å²) in [6, 6.07) is 7.92. The number of primary amides is 1. The lowest BCUT2D eigenvalue weighted by atomic mass is 10.2. The van der Waals surface area contributed by atoms with Gasteiger partial charge in [0.1, 0.15) is 0 Å². The Bertz CT molecular complexity index is 526. The number of hydrogen-bond donors (Lipinski definition) is 1. The van der Waals surface area contributed by atoms with Gasteiger partial charge in [-0.15, -0.1) is 0 Å². The third kappa shape index (κ3) is 1.69. The second-order valence-electron chi connectivity index (χ2n) is 3.76. The molecule has 0 atom stereocenters. The molecule has 2 rings (SSSR count). The van der Waals surface area contributed by atoms with Crippen LogP contribution in [0.2, 0.25) is 0 Å². The molecule has 4 heteroatoms. The van der Waals surface area contributed by atoms with Crippen LogP contribution < -0.4 is 5.73 Å². The second kappa shape index (κ2) is 3.81. The van der Waals surface area contributed by atoms with E-state index >= 15 is 0 Å². The summed E-state index contributed by atoms with van der Waals surface area (Å²) in [7, 11) is 0. The van der Waals surface area contributed by atoms with Crippen LogP contribution in [0.3, 0.4) is 0 Å². The van der Waals surface area contributed by atoms with Crippen LogP contribution in [0.4, 0.5) is 0 Å². The Labute approximate surface area is 93.7 Å². The number of carbonyl (C=O) groups is 1. The average molecular weight is 215 g/mol. The zero-order chi connectivity index (χ0) is 11.7. The van der Waals surface area contributed by atoms with Gasteiger partial charge in [-0.3, -0.25) is 4.79 Å². The standard InChI is InChI=1S/C12H13N3O/c1-8-3-5-10(6-4-8)15-9(2)11(7-14-15)12(13)16/h3-7H,1-2H3,(H2,13,16). The van der Waals surface area contributed by atoms with E-state index < -0.39 is 5.91 Å². The quantitative estimate of drug-likeness (QED) is 0.826. The highest BCUT2D eigenvalue weighted by Gasteiger charge is 2.11. The van der Waals surface area contributed by atoms with Gasteiger partial charge < -0.3 is 5.73 Å². The van der Waals surface area contributed by atoms with Crippen molar-refractivity contribution in [2.75, 3.05) is 0 Å². The van der Waals surface area contributed by atoms with Gasteiger partial charge in [0, 0.05) is 0 Å². The first-order chi connectivity index (χ1) is 7.59. The van der Waals surface area contributed by atoms with Gasteiger partial charge in [0.25, 0.3) is 5.91 Å². The maximum absolute atomic E-state index is 11.1. The van der Waals surface area contributed by atoms with Gasteiger partial charge in [-0.25, -0.2) is 4.68 Å². The zero-order valence-corrected chi connectivity index (χ0v) is 9.27. The molecule has 82 valence electrons. The lowest BCUT2D eigenvalue weighted by molar-refractivity contribution is 0.0999. The van der Waals surface area contributed by atoms with Gasteiger partial charge >= 0.3 is 0 Å². The monoisotopic (exact) mass is 215 g/mol. The summed E-state index contributed by atoms with van der Waals surface area (Å²) < 4.78 is 1.71. The number of hydrogen-bond acceptors (Lipinski definition) is 2. The molecule has 0 bridgehead atoms. The number of aryl methyl sites for hydroxylation is 1. The van der Waals surface area contributed by atoms with Crippen LogP contribution in [0.1, 0.15) is 21.6 Å². The van der Waals surface area contributed by atoms with Crippen molar-refractivity contribution in [2.24, 2.45) is 5.73 Å². The van der Waals surface area contributed by atoms with Crippen LogP contribution in [0.15, 0.2) is 30.5 Å².